The van der Waals surface area contributed by atoms with Crippen molar-refractivity contribution in [1.29, 1.82) is 0 Å². The SMILES string of the molecule is Cl.O=C(Cl)CCP(=O)(O)c1ccc(Cl)cc1. The largest absolute Gasteiger partial charge is 0.341 e. The highest BCUT2D eigenvalue weighted by Gasteiger charge is 2.21. The van der Waals surface area contributed by atoms with Gasteiger partial charge in [0.15, 0.2) is 0 Å². The Balaban J connectivity index is 0.00000225. The van der Waals surface area contributed by atoms with E-state index in [2.05, 4.69) is 0 Å². The highest BCUT2D eigenvalue weighted by Crippen LogP contribution is 2.40. The molecule has 0 heterocycles. The molecule has 0 amide bonds. The minimum absolute atomic E-state index is 0. The van der Waals surface area contributed by atoms with Crippen LogP contribution in [0, 0.1) is 0 Å². The van der Waals surface area contributed by atoms with Crippen molar-refractivity contribution in [2.24, 2.45) is 0 Å². The lowest BCUT2D eigenvalue weighted by Gasteiger charge is -2.10. The summed E-state index contributed by atoms with van der Waals surface area (Å²) in [6, 6.07) is 6.01. The minimum Gasteiger partial charge on any atom is -0.341 e. The third-order valence-electron chi connectivity index (χ3n) is 1.84. The van der Waals surface area contributed by atoms with Gasteiger partial charge < -0.3 is 4.89 Å². The van der Waals surface area contributed by atoms with E-state index < -0.39 is 12.6 Å². The van der Waals surface area contributed by atoms with E-state index in [9.17, 15) is 14.3 Å². The Kier molecular flexibility index (Phi) is 6.61. The molecule has 0 fully saturated rings. The van der Waals surface area contributed by atoms with Crippen molar-refractivity contribution in [1.82, 2.24) is 0 Å². The number of hydrogen-bond donors (Lipinski definition) is 1. The Bertz CT molecular complexity index is 405. The summed E-state index contributed by atoms with van der Waals surface area (Å²) in [6.07, 6.45) is -0.255. The van der Waals surface area contributed by atoms with Crippen LogP contribution in [0.3, 0.4) is 0 Å². The van der Waals surface area contributed by atoms with Gasteiger partial charge in [0, 0.05) is 22.9 Å². The molecule has 1 aromatic carbocycles. The molecule has 0 aliphatic rings. The van der Waals surface area contributed by atoms with Crippen LogP contribution in [0.15, 0.2) is 24.3 Å². The third kappa shape index (κ3) is 4.86. The first-order valence-corrected chi connectivity index (χ1v) is 6.78. The van der Waals surface area contributed by atoms with Gasteiger partial charge in [-0.2, -0.15) is 0 Å². The molecule has 0 bridgehead atoms. The predicted octanol–water partition coefficient (Wildman–Crippen LogP) is 2.81. The zero-order valence-corrected chi connectivity index (χ0v) is 11.3. The van der Waals surface area contributed by atoms with Gasteiger partial charge in [0.1, 0.15) is 0 Å². The Morgan fingerprint density at radius 2 is 1.81 bits per heavy atom. The summed E-state index contributed by atoms with van der Waals surface area (Å²) in [7, 11) is -3.48. The van der Waals surface area contributed by atoms with Crippen LogP contribution in [-0.2, 0) is 9.36 Å². The monoisotopic (exact) mass is 302 g/mol. The average molecular weight is 304 g/mol. The molecule has 0 saturated heterocycles. The van der Waals surface area contributed by atoms with E-state index in [1.807, 2.05) is 0 Å². The van der Waals surface area contributed by atoms with Crippen molar-refractivity contribution in [3.8, 4) is 0 Å². The zero-order valence-electron chi connectivity index (χ0n) is 8.10. The van der Waals surface area contributed by atoms with Crippen LogP contribution in [0.25, 0.3) is 0 Å². The van der Waals surface area contributed by atoms with Crippen LogP contribution in [-0.4, -0.2) is 16.3 Å². The molecule has 0 aliphatic heterocycles. The van der Waals surface area contributed by atoms with Crippen molar-refractivity contribution in [2.45, 2.75) is 6.42 Å². The van der Waals surface area contributed by atoms with Crippen LogP contribution in [0.5, 0.6) is 0 Å². The number of benzene rings is 1. The molecule has 7 heteroatoms. The number of halogens is 3. The van der Waals surface area contributed by atoms with Gasteiger partial charge in [-0.05, 0) is 35.9 Å². The second-order valence-electron chi connectivity index (χ2n) is 3.01. The molecular weight excluding hydrogens is 293 g/mol. The molecule has 16 heavy (non-hydrogen) atoms. The quantitative estimate of drug-likeness (QED) is 0.687. The third-order valence-corrected chi connectivity index (χ3v) is 4.22. The van der Waals surface area contributed by atoms with Gasteiger partial charge in [0.05, 0.1) is 0 Å². The molecule has 0 saturated carbocycles. The Morgan fingerprint density at radius 3 is 2.25 bits per heavy atom. The van der Waals surface area contributed by atoms with Gasteiger partial charge in [0.2, 0.25) is 12.6 Å². The summed E-state index contributed by atoms with van der Waals surface area (Å²) in [4.78, 5) is 20.1. The molecule has 3 nitrogen and oxygen atoms in total. The van der Waals surface area contributed by atoms with Gasteiger partial charge in [-0.3, -0.25) is 9.36 Å². The summed E-state index contributed by atoms with van der Waals surface area (Å²) in [5.74, 6) is 0. The highest BCUT2D eigenvalue weighted by molar-refractivity contribution is 7.66. The van der Waals surface area contributed by atoms with Crippen molar-refractivity contribution in [2.75, 3.05) is 6.16 Å². The molecule has 0 aliphatic carbocycles. The Hall–Kier alpha value is -0.0500. The molecule has 0 radical (unpaired) electrons. The lowest BCUT2D eigenvalue weighted by atomic mass is 10.4. The number of rotatable bonds is 4. The molecule has 0 aromatic heterocycles. The summed E-state index contributed by atoms with van der Waals surface area (Å²) in [5, 5.41) is 0.162. The van der Waals surface area contributed by atoms with E-state index in [1.165, 1.54) is 24.3 Å². The van der Waals surface area contributed by atoms with E-state index in [0.29, 0.717) is 5.02 Å². The first-order chi connectivity index (χ1) is 6.92. The fraction of sp³-hybridized carbons (Fsp3) is 0.222. The van der Waals surface area contributed by atoms with Gasteiger partial charge in [-0.25, -0.2) is 0 Å². The van der Waals surface area contributed by atoms with E-state index in [4.69, 9.17) is 23.2 Å². The smallest absolute Gasteiger partial charge is 0.230 e. The molecule has 1 unspecified atom stereocenters. The lowest BCUT2D eigenvalue weighted by molar-refractivity contribution is -0.111. The van der Waals surface area contributed by atoms with Gasteiger partial charge in [0.25, 0.3) is 0 Å². The van der Waals surface area contributed by atoms with E-state index in [0.717, 1.165) is 0 Å². The number of hydrogen-bond acceptors (Lipinski definition) is 2. The maximum absolute atomic E-state index is 11.7. The first kappa shape index (κ1) is 16.0. The molecule has 1 rings (SSSR count). The molecule has 1 N–H and O–H groups in total. The Morgan fingerprint density at radius 1 is 1.31 bits per heavy atom. The summed E-state index contributed by atoms with van der Waals surface area (Å²) in [6.45, 7) is 0. The van der Waals surface area contributed by atoms with E-state index in [-0.39, 0.29) is 30.3 Å². The maximum Gasteiger partial charge on any atom is 0.230 e. The molecular formula is C9H10Cl3O3P. The van der Waals surface area contributed by atoms with Crippen LogP contribution in [0.1, 0.15) is 6.42 Å². The average Bonchev–Trinajstić information content (AvgIpc) is 2.16. The second kappa shape index (κ2) is 6.63. The van der Waals surface area contributed by atoms with Crippen molar-refractivity contribution >= 4 is 53.5 Å². The Labute approximate surface area is 110 Å². The molecule has 0 spiro atoms. The van der Waals surface area contributed by atoms with Crippen molar-refractivity contribution in [3.05, 3.63) is 29.3 Å². The van der Waals surface area contributed by atoms with Crippen LogP contribution >= 0.6 is 43.0 Å². The number of carbonyl (C=O) groups is 1. The van der Waals surface area contributed by atoms with E-state index in [1.54, 1.807) is 0 Å². The van der Waals surface area contributed by atoms with Crippen LogP contribution < -0.4 is 5.30 Å². The lowest BCUT2D eigenvalue weighted by Crippen LogP contribution is -2.08. The number of carbonyl (C=O) groups excluding carboxylic acids is 1. The standard InChI is InChI=1S/C9H9Cl2O3P.ClH/c10-7-1-3-8(4-2-7)15(13,14)6-5-9(11)12;/h1-4H,5-6H2,(H,13,14);1H. The van der Waals surface area contributed by atoms with Gasteiger partial charge >= 0.3 is 0 Å². The van der Waals surface area contributed by atoms with Crippen molar-refractivity contribution in [3.63, 3.8) is 0 Å². The first-order valence-electron chi connectivity index (χ1n) is 4.18. The van der Waals surface area contributed by atoms with Crippen molar-refractivity contribution < 1.29 is 14.3 Å². The maximum atomic E-state index is 11.7. The topological polar surface area (TPSA) is 54.4 Å². The molecule has 90 valence electrons. The normalized spacial score (nSPS) is 13.7. The van der Waals surface area contributed by atoms with E-state index >= 15 is 0 Å². The predicted molar refractivity (Wildman–Crippen MR) is 68.5 cm³/mol. The molecule has 1 aromatic rings. The van der Waals surface area contributed by atoms with Gasteiger partial charge in [-0.15, -0.1) is 12.4 Å². The fourth-order valence-corrected chi connectivity index (χ4v) is 2.77. The minimum atomic E-state index is -3.48. The second-order valence-corrected chi connectivity index (χ2v) is 6.23. The molecule has 1 atom stereocenters. The summed E-state index contributed by atoms with van der Waals surface area (Å²) < 4.78 is 11.7. The van der Waals surface area contributed by atoms with Crippen LogP contribution in [0.2, 0.25) is 5.02 Å². The zero-order chi connectivity index (χ0) is 11.5. The highest BCUT2D eigenvalue weighted by atomic mass is 35.5. The fourth-order valence-electron chi connectivity index (χ4n) is 1.04. The van der Waals surface area contributed by atoms with Gasteiger partial charge in [-0.1, -0.05) is 11.6 Å². The summed E-state index contributed by atoms with van der Waals surface area (Å²) >= 11 is 10.7. The summed E-state index contributed by atoms with van der Waals surface area (Å²) in [5.41, 5.74) is 0. The van der Waals surface area contributed by atoms with Crippen LogP contribution in [0.4, 0.5) is 0 Å².